The predicted octanol–water partition coefficient (Wildman–Crippen LogP) is 2.46. The number of amides is 3. The Labute approximate surface area is 144 Å². The van der Waals surface area contributed by atoms with Crippen molar-refractivity contribution in [1.29, 1.82) is 0 Å². The molecule has 8 heteroatoms. The fourth-order valence-corrected chi connectivity index (χ4v) is 3.40. The fourth-order valence-electron chi connectivity index (χ4n) is 2.57. The van der Waals surface area contributed by atoms with E-state index in [2.05, 4.69) is 15.5 Å². The molecule has 1 aliphatic heterocycles. The molecule has 1 aromatic carbocycles. The van der Waals surface area contributed by atoms with E-state index in [1.807, 2.05) is 31.2 Å². The third-order valence-corrected chi connectivity index (χ3v) is 4.85. The Morgan fingerprint density at radius 2 is 2.17 bits per heavy atom. The van der Waals surface area contributed by atoms with Gasteiger partial charge in [0.25, 0.3) is 0 Å². The van der Waals surface area contributed by atoms with Gasteiger partial charge >= 0.3 is 6.03 Å². The van der Waals surface area contributed by atoms with Gasteiger partial charge in [-0.15, -0.1) is 10.2 Å². The molecule has 0 bridgehead atoms. The van der Waals surface area contributed by atoms with E-state index in [0.717, 1.165) is 16.3 Å². The molecular formula is C16H19N5O2S. The summed E-state index contributed by atoms with van der Waals surface area (Å²) < 4.78 is 0. The monoisotopic (exact) mass is 345 g/mol. The van der Waals surface area contributed by atoms with E-state index in [9.17, 15) is 9.59 Å². The Balaban J connectivity index is 1.72. The zero-order valence-electron chi connectivity index (χ0n) is 13.8. The van der Waals surface area contributed by atoms with Gasteiger partial charge in [0.15, 0.2) is 0 Å². The molecule has 1 unspecified atom stereocenters. The van der Waals surface area contributed by atoms with E-state index < -0.39 is 0 Å². The maximum absolute atomic E-state index is 12.3. The van der Waals surface area contributed by atoms with Crippen molar-refractivity contribution in [3.8, 4) is 0 Å². The Hall–Kier alpha value is -2.48. The first-order chi connectivity index (χ1) is 11.4. The normalized spacial score (nSPS) is 17.2. The van der Waals surface area contributed by atoms with E-state index in [1.165, 1.54) is 16.2 Å². The summed E-state index contributed by atoms with van der Waals surface area (Å²) in [5.74, 6) is 0.0835. The quantitative estimate of drug-likeness (QED) is 0.927. The molecule has 3 amide bonds. The minimum Gasteiger partial charge on any atom is -0.331 e. The van der Waals surface area contributed by atoms with Gasteiger partial charge in [0.05, 0.1) is 0 Å². The van der Waals surface area contributed by atoms with Crippen molar-refractivity contribution in [3.05, 3.63) is 34.8 Å². The van der Waals surface area contributed by atoms with Crippen molar-refractivity contribution >= 4 is 34.1 Å². The first-order valence-corrected chi connectivity index (χ1v) is 8.44. The van der Waals surface area contributed by atoms with Gasteiger partial charge < -0.3 is 9.80 Å². The van der Waals surface area contributed by atoms with Gasteiger partial charge in [0.2, 0.25) is 11.0 Å². The molecule has 0 radical (unpaired) electrons. The van der Waals surface area contributed by atoms with Crippen LogP contribution in [0.4, 0.5) is 15.6 Å². The van der Waals surface area contributed by atoms with Crippen LogP contribution in [-0.2, 0) is 4.79 Å². The third kappa shape index (κ3) is 3.38. The number of rotatable bonds is 3. The minimum absolute atomic E-state index is 0.000482. The van der Waals surface area contributed by atoms with Crippen molar-refractivity contribution in [2.75, 3.05) is 30.9 Å². The van der Waals surface area contributed by atoms with Crippen LogP contribution in [0.2, 0.25) is 0 Å². The lowest BCUT2D eigenvalue weighted by Crippen LogP contribution is -2.27. The van der Waals surface area contributed by atoms with E-state index in [4.69, 9.17) is 0 Å². The molecule has 1 atom stereocenters. The highest BCUT2D eigenvalue weighted by Gasteiger charge is 2.34. The van der Waals surface area contributed by atoms with Crippen molar-refractivity contribution in [1.82, 2.24) is 15.1 Å². The number of hydrogen-bond donors (Lipinski definition) is 1. The van der Waals surface area contributed by atoms with Crippen molar-refractivity contribution in [3.63, 3.8) is 0 Å². The molecule has 1 aromatic heterocycles. The van der Waals surface area contributed by atoms with Gasteiger partial charge in [-0.3, -0.25) is 10.1 Å². The number of hydrogen-bond acceptors (Lipinski definition) is 5. The zero-order valence-corrected chi connectivity index (χ0v) is 14.6. The van der Waals surface area contributed by atoms with Crippen molar-refractivity contribution in [2.24, 2.45) is 0 Å². The zero-order chi connectivity index (χ0) is 17.3. The first-order valence-electron chi connectivity index (χ1n) is 7.63. The average molecular weight is 345 g/mol. The molecular weight excluding hydrogens is 326 g/mol. The molecule has 1 aliphatic rings. The number of aromatic nitrogens is 2. The van der Waals surface area contributed by atoms with Crippen LogP contribution in [0.1, 0.15) is 22.9 Å². The number of nitrogens with one attached hydrogen (secondary N) is 1. The second kappa shape index (κ2) is 6.56. The Bertz CT molecular complexity index is 773. The number of carbonyl (C=O) groups is 2. The van der Waals surface area contributed by atoms with Crippen LogP contribution >= 0.6 is 11.3 Å². The number of aryl methyl sites for hydroxylation is 1. The fraction of sp³-hybridized carbons (Fsp3) is 0.375. The van der Waals surface area contributed by atoms with Gasteiger partial charge in [-0.1, -0.05) is 23.5 Å². The van der Waals surface area contributed by atoms with Crippen molar-refractivity contribution < 1.29 is 9.59 Å². The molecule has 0 aliphatic carbocycles. The molecule has 1 N–H and O–H groups in total. The summed E-state index contributed by atoms with van der Waals surface area (Å²) in [6.45, 7) is 2.59. The van der Waals surface area contributed by atoms with Crippen LogP contribution in [0.25, 0.3) is 0 Å². The SMILES string of the molecule is Cc1cccc(N2CC(c3nnc(NC(=O)N(C)C)s3)CC2=O)c1. The Kier molecular flexibility index (Phi) is 4.48. The predicted molar refractivity (Wildman–Crippen MR) is 93.5 cm³/mol. The average Bonchev–Trinajstić information content (AvgIpc) is 3.13. The highest BCUT2D eigenvalue weighted by atomic mass is 32.1. The molecule has 1 saturated heterocycles. The summed E-state index contributed by atoms with van der Waals surface area (Å²) >= 11 is 1.32. The highest BCUT2D eigenvalue weighted by molar-refractivity contribution is 7.15. The van der Waals surface area contributed by atoms with E-state index in [0.29, 0.717) is 18.1 Å². The molecule has 0 spiro atoms. The van der Waals surface area contributed by atoms with Crippen LogP contribution < -0.4 is 10.2 Å². The van der Waals surface area contributed by atoms with Crippen LogP contribution in [0.5, 0.6) is 0 Å². The minimum atomic E-state index is -0.249. The second-order valence-electron chi connectivity index (χ2n) is 6.01. The maximum Gasteiger partial charge on any atom is 0.323 e. The Morgan fingerprint density at radius 1 is 1.38 bits per heavy atom. The van der Waals surface area contributed by atoms with Gasteiger partial charge in [-0.05, 0) is 24.6 Å². The smallest absolute Gasteiger partial charge is 0.323 e. The lowest BCUT2D eigenvalue weighted by Gasteiger charge is -2.16. The standard InChI is InChI=1S/C16H19N5O2S/c1-10-5-4-6-12(7-10)21-9-11(8-13(21)22)14-18-19-15(24-14)17-16(23)20(2)3/h4-7,11H,8-9H2,1-3H3,(H,17,19,23). The molecule has 126 valence electrons. The lowest BCUT2D eigenvalue weighted by molar-refractivity contribution is -0.117. The summed E-state index contributed by atoms with van der Waals surface area (Å²) in [6.07, 6.45) is 0.407. The number of benzene rings is 1. The van der Waals surface area contributed by atoms with E-state index in [-0.39, 0.29) is 17.9 Å². The molecule has 7 nitrogen and oxygen atoms in total. The van der Waals surface area contributed by atoms with Gasteiger partial charge in [0, 0.05) is 38.7 Å². The number of carbonyl (C=O) groups excluding carboxylic acids is 2. The molecule has 0 saturated carbocycles. The van der Waals surface area contributed by atoms with Crippen molar-refractivity contribution in [2.45, 2.75) is 19.3 Å². The van der Waals surface area contributed by atoms with Crippen LogP contribution in [0, 0.1) is 6.92 Å². The summed E-state index contributed by atoms with van der Waals surface area (Å²) in [7, 11) is 3.32. The number of anilines is 2. The maximum atomic E-state index is 12.3. The highest BCUT2D eigenvalue weighted by Crippen LogP contribution is 2.34. The first kappa shape index (κ1) is 16.4. The van der Waals surface area contributed by atoms with Gasteiger partial charge in [-0.2, -0.15) is 0 Å². The summed E-state index contributed by atoms with van der Waals surface area (Å²) in [4.78, 5) is 27.2. The Morgan fingerprint density at radius 3 is 2.88 bits per heavy atom. The molecule has 1 fully saturated rings. The molecule has 24 heavy (non-hydrogen) atoms. The van der Waals surface area contributed by atoms with Gasteiger partial charge in [0.1, 0.15) is 5.01 Å². The van der Waals surface area contributed by atoms with E-state index in [1.54, 1.807) is 19.0 Å². The van der Waals surface area contributed by atoms with Crippen LogP contribution in [-0.4, -0.2) is 47.7 Å². The third-order valence-electron chi connectivity index (χ3n) is 3.85. The molecule has 2 aromatic rings. The van der Waals surface area contributed by atoms with Crippen LogP contribution in [0.15, 0.2) is 24.3 Å². The lowest BCUT2D eigenvalue weighted by atomic mass is 10.1. The second-order valence-corrected chi connectivity index (χ2v) is 7.02. The summed E-state index contributed by atoms with van der Waals surface area (Å²) in [6, 6.07) is 7.65. The largest absolute Gasteiger partial charge is 0.331 e. The molecule has 2 heterocycles. The van der Waals surface area contributed by atoms with E-state index >= 15 is 0 Å². The van der Waals surface area contributed by atoms with Gasteiger partial charge in [-0.25, -0.2) is 4.79 Å². The van der Waals surface area contributed by atoms with Crippen LogP contribution in [0.3, 0.4) is 0 Å². The number of nitrogens with zero attached hydrogens (tertiary/aromatic N) is 4. The summed E-state index contributed by atoms with van der Waals surface area (Å²) in [5, 5.41) is 12.0. The molecule has 3 rings (SSSR count). The topological polar surface area (TPSA) is 78.4 Å². The summed E-state index contributed by atoms with van der Waals surface area (Å²) in [5.41, 5.74) is 2.03. The number of urea groups is 1.